The second kappa shape index (κ2) is 7.86. The minimum Gasteiger partial charge on any atom is -0.424 e. The number of benzene rings is 2. The van der Waals surface area contributed by atoms with E-state index in [1.807, 2.05) is 23.1 Å². The highest BCUT2D eigenvalue weighted by Crippen LogP contribution is 2.27. The average molecular weight is 360 g/mol. The monoisotopic (exact) mass is 360 g/mol. The normalized spacial score (nSPS) is 16.1. The predicted molar refractivity (Wildman–Crippen MR) is 103 cm³/mol. The number of anilines is 1. The molecule has 1 aliphatic heterocycles. The molecule has 0 bridgehead atoms. The quantitative estimate of drug-likeness (QED) is 0.754. The maximum absolute atomic E-state index is 12.5. The molecule has 6 nitrogen and oxygen atoms in total. The molecule has 1 aliphatic rings. The number of carbonyl (C=O) groups excluding carboxylic acids is 1. The van der Waals surface area contributed by atoms with Gasteiger partial charge in [0.15, 0.2) is 0 Å². The molecule has 1 fully saturated rings. The molecule has 1 atom stereocenters. The van der Waals surface area contributed by atoms with Crippen molar-refractivity contribution in [1.29, 1.82) is 0 Å². The van der Waals surface area contributed by atoms with Crippen LogP contribution in [0.15, 0.2) is 73.1 Å². The number of nitrogens with zero attached hydrogens (tertiary/aromatic N) is 3. The third-order valence-electron chi connectivity index (χ3n) is 4.60. The molecule has 136 valence electrons. The first-order chi connectivity index (χ1) is 13.3. The van der Waals surface area contributed by atoms with Crippen molar-refractivity contribution in [3.05, 3.63) is 78.6 Å². The molecule has 3 aromatic rings. The molecular weight excluding hydrogens is 340 g/mol. The minimum atomic E-state index is -0.0755. The molecule has 2 amide bonds. The molecule has 1 unspecified atom stereocenters. The fraction of sp³-hybridized carbons (Fsp3) is 0.190. The Morgan fingerprint density at radius 3 is 2.48 bits per heavy atom. The van der Waals surface area contributed by atoms with Crippen molar-refractivity contribution in [3.63, 3.8) is 0 Å². The van der Waals surface area contributed by atoms with Crippen molar-refractivity contribution in [2.45, 2.75) is 12.3 Å². The Bertz CT molecular complexity index is 885. The molecule has 2 aromatic carbocycles. The number of carbonyl (C=O) groups is 1. The first kappa shape index (κ1) is 17.0. The van der Waals surface area contributed by atoms with Crippen LogP contribution in [0.4, 0.5) is 10.5 Å². The van der Waals surface area contributed by atoms with E-state index in [0.29, 0.717) is 17.7 Å². The number of likely N-dealkylation sites (tertiary alicyclic amines) is 1. The van der Waals surface area contributed by atoms with Crippen molar-refractivity contribution in [1.82, 2.24) is 14.9 Å². The summed E-state index contributed by atoms with van der Waals surface area (Å²) in [6, 6.07) is 19.5. The Balaban J connectivity index is 1.33. The van der Waals surface area contributed by atoms with Gasteiger partial charge in [-0.15, -0.1) is 0 Å². The van der Waals surface area contributed by atoms with Crippen LogP contribution in [-0.2, 0) is 0 Å². The Morgan fingerprint density at radius 1 is 1.00 bits per heavy atom. The lowest BCUT2D eigenvalue weighted by Crippen LogP contribution is -2.32. The third kappa shape index (κ3) is 4.23. The first-order valence-electron chi connectivity index (χ1n) is 8.94. The molecule has 1 aromatic heterocycles. The number of urea groups is 1. The molecule has 27 heavy (non-hydrogen) atoms. The molecule has 1 saturated heterocycles. The summed E-state index contributed by atoms with van der Waals surface area (Å²) in [5, 5.41) is 2.95. The summed E-state index contributed by atoms with van der Waals surface area (Å²) in [6.07, 6.45) is 4.23. The molecular formula is C21H20N4O2. The van der Waals surface area contributed by atoms with Gasteiger partial charge < -0.3 is 15.0 Å². The van der Waals surface area contributed by atoms with E-state index in [1.54, 1.807) is 42.7 Å². The highest BCUT2D eigenvalue weighted by atomic mass is 16.5. The second-order valence-electron chi connectivity index (χ2n) is 6.43. The van der Waals surface area contributed by atoms with E-state index >= 15 is 0 Å². The van der Waals surface area contributed by atoms with E-state index in [9.17, 15) is 4.79 Å². The van der Waals surface area contributed by atoms with Gasteiger partial charge in [-0.25, -0.2) is 14.8 Å². The van der Waals surface area contributed by atoms with Gasteiger partial charge >= 0.3 is 12.0 Å². The number of ether oxygens (including phenoxy) is 1. The summed E-state index contributed by atoms with van der Waals surface area (Å²) >= 11 is 0. The average Bonchev–Trinajstić information content (AvgIpc) is 3.21. The van der Waals surface area contributed by atoms with Gasteiger partial charge in [0.05, 0.1) is 0 Å². The topological polar surface area (TPSA) is 67.3 Å². The maximum atomic E-state index is 12.5. The van der Waals surface area contributed by atoms with E-state index in [2.05, 4.69) is 27.4 Å². The van der Waals surface area contributed by atoms with E-state index in [0.717, 1.165) is 25.2 Å². The Hall–Kier alpha value is -3.41. The van der Waals surface area contributed by atoms with Gasteiger partial charge in [-0.2, -0.15) is 0 Å². The number of amides is 2. The maximum Gasteiger partial charge on any atom is 0.321 e. The minimum absolute atomic E-state index is 0.0755. The van der Waals surface area contributed by atoms with Crippen LogP contribution < -0.4 is 10.1 Å². The highest BCUT2D eigenvalue weighted by Gasteiger charge is 2.27. The Kier molecular flexibility index (Phi) is 4.96. The molecule has 0 radical (unpaired) electrons. The van der Waals surface area contributed by atoms with Crippen LogP contribution in [0.3, 0.4) is 0 Å². The van der Waals surface area contributed by atoms with Gasteiger partial charge in [0.2, 0.25) is 0 Å². The number of rotatable bonds is 4. The Morgan fingerprint density at radius 2 is 1.74 bits per heavy atom. The Labute approximate surface area is 157 Å². The molecule has 0 aliphatic carbocycles. The zero-order valence-electron chi connectivity index (χ0n) is 14.8. The van der Waals surface area contributed by atoms with Crippen molar-refractivity contribution >= 4 is 11.7 Å². The lowest BCUT2D eigenvalue weighted by molar-refractivity contribution is 0.222. The smallest absolute Gasteiger partial charge is 0.321 e. The van der Waals surface area contributed by atoms with E-state index in [-0.39, 0.29) is 6.03 Å². The second-order valence-corrected chi connectivity index (χ2v) is 6.43. The molecule has 6 heteroatoms. The van der Waals surface area contributed by atoms with Gasteiger partial charge in [-0.05, 0) is 42.3 Å². The van der Waals surface area contributed by atoms with Crippen molar-refractivity contribution < 1.29 is 9.53 Å². The lowest BCUT2D eigenvalue weighted by Gasteiger charge is -2.17. The van der Waals surface area contributed by atoms with Crippen LogP contribution in [0.1, 0.15) is 17.9 Å². The van der Waals surface area contributed by atoms with Gasteiger partial charge in [-0.1, -0.05) is 30.3 Å². The van der Waals surface area contributed by atoms with Gasteiger partial charge in [0, 0.05) is 37.1 Å². The molecule has 2 heterocycles. The predicted octanol–water partition coefficient (Wildman–Crippen LogP) is 4.29. The van der Waals surface area contributed by atoms with Crippen molar-refractivity contribution in [3.8, 4) is 11.8 Å². The summed E-state index contributed by atoms with van der Waals surface area (Å²) in [7, 11) is 0. The summed E-state index contributed by atoms with van der Waals surface area (Å²) in [5.41, 5.74) is 2.02. The molecule has 4 rings (SSSR count). The largest absolute Gasteiger partial charge is 0.424 e. The van der Waals surface area contributed by atoms with Crippen LogP contribution in [0.5, 0.6) is 11.8 Å². The number of aromatic nitrogens is 2. The standard InChI is InChI=1S/C21H20N4O2/c26-21(25-14-11-17(15-25)16-5-2-1-3-6-16)24-18-7-9-19(10-8-18)27-20-22-12-4-13-23-20/h1-10,12-13,17H,11,14-15H2,(H,24,26). The zero-order chi connectivity index (χ0) is 18.5. The fourth-order valence-electron chi connectivity index (χ4n) is 3.19. The highest BCUT2D eigenvalue weighted by molar-refractivity contribution is 5.89. The van der Waals surface area contributed by atoms with Crippen LogP contribution >= 0.6 is 0 Å². The summed E-state index contributed by atoms with van der Waals surface area (Å²) in [4.78, 5) is 22.4. The third-order valence-corrected chi connectivity index (χ3v) is 4.60. The lowest BCUT2D eigenvalue weighted by atomic mass is 9.99. The molecule has 1 N–H and O–H groups in total. The van der Waals surface area contributed by atoms with E-state index in [1.165, 1.54) is 5.56 Å². The van der Waals surface area contributed by atoms with Gasteiger partial charge in [0.25, 0.3) is 0 Å². The van der Waals surface area contributed by atoms with Crippen LogP contribution in [0.25, 0.3) is 0 Å². The number of nitrogens with one attached hydrogen (secondary N) is 1. The van der Waals surface area contributed by atoms with Gasteiger partial charge in [-0.3, -0.25) is 0 Å². The van der Waals surface area contributed by atoms with Crippen LogP contribution in [0, 0.1) is 0 Å². The number of hydrogen-bond donors (Lipinski definition) is 1. The summed E-state index contributed by atoms with van der Waals surface area (Å²) in [6.45, 7) is 1.50. The van der Waals surface area contributed by atoms with Gasteiger partial charge in [0.1, 0.15) is 5.75 Å². The van der Waals surface area contributed by atoms with Crippen molar-refractivity contribution in [2.75, 3.05) is 18.4 Å². The van der Waals surface area contributed by atoms with E-state index < -0.39 is 0 Å². The SMILES string of the molecule is O=C(Nc1ccc(Oc2ncccn2)cc1)N1CCC(c2ccccc2)C1. The zero-order valence-corrected chi connectivity index (χ0v) is 14.8. The number of hydrogen-bond acceptors (Lipinski definition) is 4. The fourth-order valence-corrected chi connectivity index (χ4v) is 3.19. The van der Waals surface area contributed by atoms with E-state index in [4.69, 9.17) is 4.74 Å². The van der Waals surface area contributed by atoms with Crippen LogP contribution in [-0.4, -0.2) is 34.0 Å². The summed E-state index contributed by atoms with van der Waals surface area (Å²) < 4.78 is 5.56. The first-order valence-corrected chi connectivity index (χ1v) is 8.94. The molecule has 0 spiro atoms. The molecule has 0 saturated carbocycles. The van der Waals surface area contributed by atoms with Crippen LogP contribution in [0.2, 0.25) is 0 Å². The summed E-state index contributed by atoms with van der Waals surface area (Å²) in [5.74, 6) is 1.02. The van der Waals surface area contributed by atoms with Crippen molar-refractivity contribution in [2.24, 2.45) is 0 Å².